The van der Waals surface area contributed by atoms with Crippen LogP contribution >= 0.6 is 11.3 Å². The smallest absolute Gasteiger partial charge is 0.247 e. The summed E-state index contributed by atoms with van der Waals surface area (Å²) in [6, 6.07) is -0.288. The second-order valence-electron chi connectivity index (χ2n) is 6.55. The van der Waals surface area contributed by atoms with Crippen molar-refractivity contribution in [2.45, 2.75) is 32.9 Å². The fraction of sp³-hybridized carbons (Fsp3) is 0.625. The molecule has 2 atom stereocenters. The summed E-state index contributed by atoms with van der Waals surface area (Å²) in [7, 11) is 2.14. The van der Waals surface area contributed by atoms with E-state index in [0.29, 0.717) is 5.92 Å². The van der Waals surface area contributed by atoms with Crippen molar-refractivity contribution in [3.63, 3.8) is 0 Å². The van der Waals surface area contributed by atoms with Gasteiger partial charge in [-0.3, -0.25) is 4.79 Å². The maximum absolute atomic E-state index is 12.6. The number of hydrogen-bond acceptors (Lipinski definition) is 6. The van der Waals surface area contributed by atoms with Crippen molar-refractivity contribution in [1.29, 1.82) is 0 Å². The predicted octanol–water partition coefficient (Wildman–Crippen LogP) is 1.58. The summed E-state index contributed by atoms with van der Waals surface area (Å²) in [5.74, 6) is 0.652. The lowest BCUT2D eigenvalue weighted by atomic mass is 10.1. The minimum atomic E-state index is -0.288. The summed E-state index contributed by atoms with van der Waals surface area (Å²) >= 11 is 1.71. The van der Waals surface area contributed by atoms with Crippen LogP contribution in [0.4, 0.5) is 0 Å². The Morgan fingerprint density at radius 2 is 2.38 bits per heavy atom. The summed E-state index contributed by atoms with van der Waals surface area (Å²) in [6.45, 7) is 7.51. The van der Waals surface area contributed by atoms with Gasteiger partial charge < -0.3 is 9.80 Å². The first-order chi connectivity index (χ1) is 11.5. The fourth-order valence-corrected chi connectivity index (χ4v) is 4.06. The Morgan fingerprint density at radius 3 is 3.04 bits per heavy atom. The lowest BCUT2D eigenvalue weighted by Crippen LogP contribution is -2.36. The highest BCUT2D eigenvalue weighted by atomic mass is 32.1. The van der Waals surface area contributed by atoms with E-state index in [2.05, 4.69) is 33.9 Å². The highest BCUT2D eigenvalue weighted by Crippen LogP contribution is 2.22. The third-order valence-electron chi connectivity index (χ3n) is 4.62. The van der Waals surface area contributed by atoms with E-state index >= 15 is 0 Å². The molecule has 3 heterocycles. The van der Waals surface area contributed by atoms with Crippen LogP contribution in [0.5, 0.6) is 0 Å². The van der Waals surface area contributed by atoms with Gasteiger partial charge in [-0.1, -0.05) is 0 Å². The van der Waals surface area contributed by atoms with Gasteiger partial charge in [0.25, 0.3) is 0 Å². The SMILES string of the molecule is Cc1ncsc1CN(C)C[C@@H]1CCN(C(=O)[C@H](C)n2cncn2)C1. The predicted molar refractivity (Wildman–Crippen MR) is 92.6 cm³/mol. The first-order valence-electron chi connectivity index (χ1n) is 8.25. The van der Waals surface area contributed by atoms with Gasteiger partial charge in [0, 0.05) is 31.1 Å². The van der Waals surface area contributed by atoms with E-state index in [4.69, 9.17) is 0 Å². The van der Waals surface area contributed by atoms with Gasteiger partial charge in [0.05, 0.1) is 11.2 Å². The Morgan fingerprint density at radius 1 is 1.54 bits per heavy atom. The molecule has 0 radical (unpaired) electrons. The summed E-state index contributed by atoms with van der Waals surface area (Å²) < 4.78 is 1.62. The normalized spacial score (nSPS) is 19.2. The van der Waals surface area contributed by atoms with Gasteiger partial charge in [-0.25, -0.2) is 14.6 Å². The number of aryl methyl sites for hydroxylation is 1. The van der Waals surface area contributed by atoms with Gasteiger partial charge in [0.1, 0.15) is 18.7 Å². The average molecular weight is 348 g/mol. The van der Waals surface area contributed by atoms with Crippen molar-refractivity contribution >= 4 is 17.2 Å². The summed E-state index contributed by atoms with van der Waals surface area (Å²) in [4.78, 5) is 26.4. The van der Waals surface area contributed by atoms with Crippen LogP contribution in [0, 0.1) is 12.8 Å². The van der Waals surface area contributed by atoms with E-state index in [1.807, 2.05) is 17.3 Å². The van der Waals surface area contributed by atoms with Crippen molar-refractivity contribution < 1.29 is 4.79 Å². The fourth-order valence-electron chi connectivity index (χ4n) is 3.21. The largest absolute Gasteiger partial charge is 0.341 e. The summed E-state index contributed by atoms with van der Waals surface area (Å²) in [5, 5.41) is 4.07. The second-order valence-corrected chi connectivity index (χ2v) is 7.49. The Hall–Kier alpha value is -1.80. The standard InChI is InChI=1S/C16H24N6OS/c1-12-15(24-11-18-12)8-20(3)6-14-4-5-21(7-14)16(23)13(2)22-10-17-9-19-22/h9-11,13-14H,4-8H2,1-3H3/t13-,14-/m0/s1. The molecule has 0 saturated carbocycles. The molecule has 7 nitrogen and oxygen atoms in total. The Balaban J connectivity index is 1.50. The third kappa shape index (κ3) is 3.81. The van der Waals surface area contributed by atoms with Gasteiger partial charge >= 0.3 is 0 Å². The van der Waals surface area contributed by atoms with Crippen LogP contribution in [-0.4, -0.2) is 62.1 Å². The van der Waals surface area contributed by atoms with Crippen LogP contribution in [0.15, 0.2) is 18.2 Å². The zero-order valence-corrected chi connectivity index (χ0v) is 15.2. The molecule has 1 amide bonds. The molecular formula is C16H24N6OS. The molecule has 0 unspecified atom stereocenters. The molecule has 8 heteroatoms. The van der Waals surface area contributed by atoms with Crippen molar-refractivity contribution in [3.8, 4) is 0 Å². The molecule has 2 aromatic rings. The molecule has 1 aliphatic rings. The highest BCUT2D eigenvalue weighted by molar-refractivity contribution is 7.09. The molecule has 1 fully saturated rings. The van der Waals surface area contributed by atoms with E-state index < -0.39 is 0 Å². The van der Waals surface area contributed by atoms with E-state index in [-0.39, 0.29) is 11.9 Å². The summed E-state index contributed by atoms with van der Waals surface area (Å²) in [5.41, 5.74) is 3.02. The molecule has 1 aliphatic heterocycles. The number of thiazole rings is 1. The minimum absolute atomic E-state index is 0.129. The number of carbonyl (C=O) groups is 1. The molecule has 0 N–H and O–H groups in total. The van der Waals surface area contributed by atoms with Crippen LogP contribution in [0.1, 0.15) is 30.0 Å². The average Bonchev–Trinajstić information content (AvgIpc) is 3.29. The number of nitrogens with zero attached hydrogens (tertiary/aromatic N) is 6. The molecule has 0 bridgehead atoms. The van der Waals surface area contributed by atoms with E-state index in [9.17, 15) is 4.79 Å². The topological polar surface area (TPSA) is 67.2 Å². The number of likely N-dealkylation sites (tertiary alicyclic amines) is 1. The highest BCUT2D eigenvalue weighted by Gasteiger charge is 2.30. The molecule has 3 rings (SSSR count). The van der Waals surface area contributed by atoms with Crippen molar-refractivity contribution in [2.75, 3.05) is 26.7 Å². The molecule has 1 saturated heterocycles. The maximum atomic E-state index is 12.6. The van der Waals surface area contributed by atoms with Gasteiger partial charge in [-0.15, -0.1) is 11.3 Å². The van der Waals surface area contributed by atoms with Crippen LogP contribution < -0.4 is 0 Å². The Kier molecular flexibility index (Phi) is 5.25. The number of carbonyl (C=O) groups excluding carboxylic acids is 1. The minimum Gasteiger partial charge on any atom is -0.341 e. The quantitative estimate of drug-likeness (QED) is 0.793. The van der Waals surface area contributed by atoms with Gasteiger partial charge in [-0.2, -0.15) is 5.10 Å². The number of amides is 1. The van der Waals surface area contributed by atoms with Gasteiger partial charge in [0.15, 0.2) is 0 Å². The lowest BCUT2D eigenvalue weighted by Gasteiger charge is -2.23. The number of rotatable bonds is 6. The first kappa shape index (κ1) is 17.0. The maximum Gasteiger partial charge on any atom is 0.247 e. The van der Waals surface area contributed by atoms with Gasteiger partial charge in [0.2, 0.25) is 5.91 Å². The zero-order chi connectivity index (χ0) is 17.1. The molecule has 0 aromatic carbocycles. The third-order valence-corrected chi connectivity index (χ3v) is 5.54. The van der Waals surface area contributed by atoms with E-state index in [1.165, 1.54) is 11.2 Å². The van der Waals surface area contributed by atoms with E-state index in [0.717, 1.165) is 38.3 Å². The Labute approximate surface area is 146 Å². The van der Waals surface area contributed by atoms with E-state index in [1.54, 1.807) is 22.3 Å². The monoisotopic (exact) mass is 348 g/mol. The van der Waals surface area contributed by atoms with Crippen LogP contribution in [-0.2, 0) is 11.3 Å². The van der Waals surface area contributed by atoms with Crippen LogP contribution in [0.2, 0.25) is 0 Å². The molecular weight excluding hydrogens is 324 g/mol. The lowest BCUT2D eigenvalue weighted by molar-refractivity contribution is -0.133. The van der Waals surface area contributed by atoms with Crippen molar-refractivity contribution in [3.05, 3.63) is 28.7 Å². The molecule has 24 heavy (non-hydrogen) atoms. The molecule has 2 aromatic heterocycles. The Bertz CT molecular complexity index is 670. The zero-order valence-electron chi connectivity index (χ0n) is 14.4. The second kappa shape index (κ2) is 7.40. The molecule has 0 spiro atoms. The van der Waals surface area contributed by atoms with Gasteiger partial charge in [-0.05, 0) is 33.2 Å². The van der Waals surface area contributed by atoms with Crippen LogP contribution in [0.3, 0.4) is 0 Å². The summed E-state index contributed by atoms with van der Waals surface area (Å²) in [6.07, 6.45) is 4.12. The van der Waals surface area contributed by atoms with Crippen LogP contribution in [0.25, 0.3) is 0 Å². The first-order valence-corrected chi connectivity index (χ1v) is 9.13. The van der Waals surface area contributed by atoms with Crippen molar-refractivity contribution in [2.24, 2.45) is 5.92 Å². The number of aromatic nitrogens is 4. The van der Waals surface area contributed by atoms with Crippen molar-refractivity contribution in [1.82, 2.24) is 29.5 Å². The number of hydrogen-bond donors (Lipinski definition) is 0. The molecule has 130 valence electrons. The molecule has 0 aliphatic carbocycles.